The zero-order valence-electron chi connectivity index (χ0n) is 25.0. The van der Waals surface area contributed by atoms with Crippen molar-refractivity contribution < 1.29 is 9.47 Å². The smallest absolute Gasteiger partial charge is 0.228 e. The SMILES string of the molecule is COC[C@]1(C)c2cnc(NC3=CC=C(N4CCOCC4)C=CC3)nc2N(c2ccc3c(n2)CCCC3)[C@@H]1CC(C)C. The summed E-state index contributed by atoms with van der Waals surface area (Å²) in [6.45, 7) is 10.9. The van der Waals surface area contributed by atoms with Crippen LogP contribution in [-0.4, -0.2) is 65.9 Å². The molecule has 0 bridgehead atoms. The molecule has 218 valence electrons. The fraction of sp³-hybridized carbons (Fsp3) is 0.545. The van der Waals surface area contributed by atoms with Gasteiger partial charge in [0, 0.05) is 66.9 Å². The van der Waals surface area contributed by atoms with Gasteiger partial charge < -0.3 is 24.6 Å². The first-order valence-electron chi connectivity index (χ1n) is 15.3. The number of allylic oxidation sites excluding steroid dienone is 4. The Hall–Kier alpha value is -3.23. The zero-order chi connectivity index (χ0) is 28.4. The summed E-state index contributed by atoms with van der Waals surface area (Å²) in [5, 5.41) is 3.53. The van der Waals surface area contributed by atoms with Gasteiger partial charge in [-0.25, -0.2) is 9.97 Å². The van der Waals surface area contributed by atoms with Gasteiger partial charge in [0.2, 0.25) is 5.95 Å². The Balaban J connectivity index is 1.36. The Morgan fingerprint density at radius 2 is 1.95 bits per heavy atom. The van der Waals surface area contributed by atoms with Crippen molar-refractivity contribution in [2.45, 2.75) is 70.8 Å². The lowest BCUT2D eigenvalue weighted by atomic mass is 9.77. The third-order valence-electron chi connectivity index (χ3n) is 8.94. The van der Waals surface area contributed by atoms with Crippen molar-refractivity contribution in [3.05, 3.63) is 70.8 Å². The van der Waals surface area contributed by atoms with Gasteiger partial charge in [0.25, 0.3) is 0 Å². The Morgan fingerprint density at radius 1 is 1.12 bits per heavy atom. The number of aryl methyl sites for hydroxylation is 2. The highest BCUT2D eigenvalue weighted by atomic mass is 16.5. The molecule has 4 heterocycles. The summed E-state index contributed by atoms with van der Waals surface area (Å²) in [5.74, 6) is 3.04. The summed E-state index contributed by atoms with van der Waals surface area (Å²) in [4.78, 5) is 20.0. The predicted octanol–water partition coefficient (Wildman–Crippen LogP) is 5.69. The molecule has 2 aliphatic heterocycles. The van der Waals surface area contributed by atoms with Crippen molar-refractivity contribution >= 4 is 17.6 Å². The van der Waals surface area contributed by atoms with Gasteiger partial charge in [-0.2, -0.15) is 4.98 Å². The highest BCUT2D eigenvalue weighted by molar-refractivity contribution is 5.70. The summed E-state index contributed by atoms with van der Waals surface area (Å²) in [6.07, 6.45) is 17.2. The van der Waals surface area contributed by atoms with Crippen molar-refractivity contribution in [2.24, 2.45) is 5.92 Å². The van der Waals surface area contributed by atoms with E-state index in [0.29, 0.717) is 18.5 Å². The molecule has 2 atom stereocenters. The summed E-state index contributed by atoms with van der Waals surface area (Å²) in [5.41, 5.74) is 5.78. The maximum absolute atomic E-state index is 5.84. The standard InChI is InChI=1S/C33H44N6O2/c1-23(2)20-29-33(3,22-40-4)27-21-34-32(35-25-9-7-10-26(14-13-25)38-16-18-41-19-17-38)37-31(27)39(29)30-15-12-24-8-5-6-11-28(24)36-30/h7,10,12-15,21,23,29H,5-6,8-9,11,16-20,22H2,1-4H3,(H,34,35,37)/t29-,33-/m1/s1. The van der Waals surface area contributed by atoms with Crippen LogP contribution in [0.2, 0.25) is 0 Å². The number of nitrogens with zero attached hydrogens (tertiary/aromatic N) is 5. The number of rotatable bonds is 8. The molecule has 1 saturated heterocycles. The third kappa shape index (κ3) is 5.64. The number of morpholine rings is 1. The number of anilines is 3. The minimum absolute atomic E-state index is 0.162. The quantitative estimate of drug-likeness (QED) is 0.444. The van der Waals surface area contributed by atoms with Crippen molar-refractivity contribution in [3.8, 4) is 0 Å². The van der Waals surface area contributed by atoms with Crippen molar-refractivity contribution in [2.75, 3.05) is 50.2 Å². The molecule has 2 aromatic heterocycles. The van der Waals surface area contributed by atoms with Gasteiger partial charge >= 0.3 is 0 Å². The molecule has 0 amide bonds. The van der Waals surface area contributed by atoms with Crippen LogP contribution >= 0.6 is 0 Å². The van der Waals surface area contributed by atoms with Gasteiger partial charge in [-0.3, -0.25) is 0 Å². The molecule has 1 fully saturated rings. The molecule has 4 aliphatic rings. The first-order valence-corrected chi connectivity index (χ1v) is 15.3. The fourth-order valence-electron chi connectivity index (χ4n) is 6.78. The van der Waals surface area contributed by atoms with Crippen LogP contribution in [0.15, 0.2) is 54.0 Å². The van der Waals surface area contributed by atoms with Gasteiger partial charge in [0.15, 0.2) is 0 Å². The van der Waals surface area contributed by atoms with Gasteiger partial charge in [0.05, 0.1) is 19.8 Å². The summed E-state index contributed by atoms with van der Waals surface area (Å²) >= 11 is 0. The third-order valence-corrected chi connectivity index (χ3v) is 8.94. The zero-order valence-corrected chi connectivity index (χ0v) is 25.0. The van der Waals surface area contributed by atoms with Crippen LogP contribution in [-0.2, 0) is 27.7 Å². The average Bonchev–Trinajstić information content (AvgIpc) is 3.10. The van der Waals surface area contributed by atoms with E-state index in [2.05, 4.69) is 72.3 Å². The van der Waals surface area contributed by atoms with Crippen LogP contribution in [0, 0.1) is 5.92 Å². The van der Waals surface area contributed by atoms with E-state index in [0.717, 1.165) is 74.9 Å². The minimum Gasteiger partial charge on any atom is -0.384 e. The lowest BCUT2D eigenvalue weighted by molar-refractivity contribution is 0.0554. The van der Waals surface area contributed by atoms with Crippen molar-refractivity contribution in [1.29, 1.82) is 0 Å². The van der Waals surface area contributed by atoms with Crippen molar-refractivity contribution in [1.82, 2.24) is 19.9 Å². The molecule has 0 radical (unpaired) electrons. The second-order valence-electron chi connectivity index (χ2n) is 12.4. The Kier molecular flexibility index (Phi) is 8.13. The molecule has 0 unspecified atom stereocenters. The van der Waals surface area contributed by atoms with Crippen LogP contribution in [0.4, 0.5) is 17.6 Å². The molecule has 0 spiro atoms. The molecule has 1 N–H and O–H groups in total. The molecular weight excluding hydrogens is 512 g/mol. The largest absolute Gasteiger partial charge is 0.384 e. The summed E-state index contributed by atoms with van der Waals surface area (Å²) < 4.78 is 11.4. The Morgan fingerprint density at radius 3 is 2.76 bits per heavy atom. The molecule has 2 aromatic rings. The molecule has 41 heavy (non-hydrogen) atoms. The monoisotopic (exact) mass is 556 g/mol. The summed E-state index contributed by atoms with van der Waals surface area (Å²) in [7, 11) is 1.79. The van der Waals surface area contributed by atoms with E-state index in [1.165, 1.54) is 29.8 Å². The molecule has 8 nitrogen and oxygen atoms in total. The fourth-order valence-corrected chi connectivity index (χ4v) is 6.78. The normalized spacial score (nSPS) is 24.1. The van der Waals surface area contributed by atoms with E-state index < -0.39 is 0 Å². The van der Waals surface area contributed by atoms with E-state index in [4.69, 9.17) is 24.4 Å². The molecule has 8 heteroatoms. The Bertz CT molecular complexity index is 1350. The highest BCUT2D eigenvalue weighted by Crippen LogP contribution is 2.50. The van der Waals surface area contributed by atoms with Crippen LogP contribution in [0.25, 0.3) is 0 Å². The molecule has 6 rings (SSSR count). The van der Waals surface area contributed by atoms with E-state index in [-0.39, 0.29) is 11.5 Å². The van der Waals surface area contributed by atoms with E-state index in [9.17, 15) is 0 Å². The number of hydrogen-bond acceptors (Lipinski definition) is 8. The van der Waals surface area contributed by atoms with E-state index >= 15 is 0 Å². The number of fused-ring (bicyclic) bond motifs is 2. The lowest BCUT2D eigenvalue weighted by Gasteiger charge is -2.37. The number of ether oxygens (including phenoxy) is 2. The maximum Gasteiger partial charge on any atom is 0.228 e. The maximum atomic E-state index is 5.84. The molecular formula is C33H44N6O2. The first kappa shape index (κ1) is 27.9. The number of pyridine rings is 1. The lowest BCUT2D eigenvalue weighted by Crippen LogP contribution is -2.45. The van der Waals surface area contributed by atoms with Gasteiger partial charge in [-0.1, -0.05) is 32.9 Å². The minimum atomic E-state index is -0.259. The van der Waals surface area contributed by atoms with Gasteiger partial charge in [-0.15, -0.1) is 0 Å². The van der Waals surface area contributed by atoms with E-state index in [1.807, 2.05) is 6.20 Å². The second kappa shape index (κ2) is 11.9. The van der Waals surface area contributed by atoms with Crippen LogP contribution in [0.3, 0.4) is 0 Å². The van der Waals surface area contributed by atoms with Crippen molar-refractivity contribution in [3.63, 3.8) is 0 Å². The topological polar surface area (TPSA) is 75.6 Å². The number of nitrogens with one attached hydrogen (secondary N) is 1. The van der Waals surface area contributed by atoms with Crippen LogP contribution < -0.4 is 10.2 Å². The number of methoxy groups -OCH3 is 1. The van der Waals surface area contributed by atoms with Gasteiger partial charge in [0.1, 0.15) is 11.6 Å². The van der Waals surface area contributed by atoms with Crippen LogP contribution in [0.1, 0.15) is 63.3 Å². The second-order valence-corrected chi connectivity index (χ2v) is 12.4. The average molecular weight is 557 g/mol. The van der Waals surface area contributed by atoms with Gasteiger partial charge in [-0.05, 0) is 67.9 Å². The molecule has 0 aromatic carbocycles. The van der Waals surface area contributed by atoms with E-state index in [1.54, 1.807) is 7.11 Å². The molecule has 0 saturated carbocycles. The molecule has 2 aliphatic carbocycles. The predicted molar refractivity (Wildman–Crippen MR) is 163 cm³/mol. The highest BCUT2D eigenvalue weighted by Gasteiger charge is 2.50. The summed E-state index contributed by atoms with van der Waals surface area (Å²) in [6, 6.07) is 4.65. The first-order chi connectivity index (χ1) is 20.0. The number of hydrogen-bond donors (Lipinski definition) is 1. The number of aromatic nitrogens is 3. The Labute approximate surface area is 244 Å². The van der Waals surface area contributed by atoms with Crippen LogP contribution in [0.5, 0.6) is 0 Å².